The third-order valence-electron chi connectivity index (χ3n) is 4.94. The van der Waals surface area contributed by atoms with E-state index >= 15 is 0 Å². The molecule has 0 saturated carbocycles. The van der Waals surface area contributed by atoms with Crippen molar-refractivity contribution in [3.63, 3.8) is 0 Å². The van der Waals surface area contributed by atoms with Gasteiger partial charge >= 0.3 is 5.97 Å². The first-order chi connectivity index (χ1) is 13.4. The molecule has 2 aromatic carbocycles. The maximum absolute atomic E-state index is 12.8. The van der Waals surface area contributed by atoms with Crippen molar-refractivity contribution < 1.29 is 14.3 Å². The summed E-state index contributed by atoms with van der Waals surface area (Å²) < 4.78 is 4.82. The van der Waals surface area contributed by atoms with Crippen LogP contribution in [-0.2, 0) is 4.74 Å². The minimum atomic E-state index is -0.446. The monoisotopic (exact) mass is 401 g/mol. The van der Waals surface area contributed by atoms with Gasteiger partial charge in [-0.1, -0.05) is 17.7 Å². The minimum absolute atomic E-state index is 0.278. The molecular formula is C21H24ClN3O3. The second-order valence-corrected chi connectivity index (χ2v) is 7.34. The van der Waals surface area contributed by atoms with Gasteiger partial charge in [0.2, 0.25) is 0 Å². The highest BCUT2D eigenvalue weighted by molar-refractivity contribution is 6.31. The van der Waals surface area contributed by atoms with E-state index in [9.17, 15) is 9.59 Å². The molecule has 1 N–H and O–H groups in total. The summed E-state index contributed by atoms with van der Waals surface area (Å²) in [6.45, 7) is 5.43. The Morgan fingerprint density at radius 2 is 1.71 bits per heavy atom. The van der Waals surface area contributed by atoms with Crippen LogP contribution < -0.4 is 10.2 Å². The van der Waals surface area contributed by atoms with E-state index in [1.807, 2.05) is 19.1 Å². The van der Waals surface area contributed by atoms with Gasteiger partial charge in [0.25, 0.3) is 5.91 Å². The number of methoxy groups -OCH3 is 1. The largest absolute Gasteiger partial charge is 0.465 e. The highest BCUT2D eigenvalue weighted by Crippen LogP contribution is 2.29. The number of hydrogen-bond donors (Lipinski definition) is 1. The molecule has 0 aromatic heterocycles. The van der Waals surface area contributed by atoms with Crippen molar-refractivity contribution in [2.45, 2.75) is 6.92 Å². The molecule has 6 nitrogen and oxygen atoms in total. The van der Waals surface area contributed by atoms with Gasteiger partial charge in [-0.05, 0) is 49.9 Å². The van der Waals surface area contributed by atoms with Crippen LogP contribution in [-0.4, -0.2) is 57.1 Å². The van der Waals surface area contributed by atoms with E-state index in [2.05, 4.69) is 22.2 Å². The lowest BCUT2D eigenvalue weighted by Gasteiger charge is -2.35. The molecule has 0 aliphatic carbocycles. The van der Waals surface area contributed by atoms with Crippen molar-refractivity contribution in [3.8, 4) is 0 Å². The molecule has 148 valence electrons. The predicted molar refractivity (Wildman–Crippen MR) is 112 cm³/mol. The van der Waals surface area contributed by atoms with Crippen molar-refractivity contribution in [1.82, 2.24) is 4.90 Å². The van der Waals surface area contributed by atoms with E-state index in [1.165, 1.54) is 7.11 Å². The lowest BCUT2D eigenvalue weighted by Crippen LogP contribution is -2.44. The quantitative estimate of drug-likeness (QED) is 0.795. The van der Waals surface area contributed by atoms with Crippen molar-refractivity contribution in [2.75, 3.05) is 50.6 Å². The number of nitrogens with one attached hydrogen (secondary N) is 1. The summed E-state index contributed by atoms with van der Waals surface area (Å²) in [5.74, 6) is -0.724. The Bertz CT molecular complexity index is 892. The number of aryl methyl sites for hydroxylation is 1. The van der Waals surface area contributed by atoms with Crippen LogP contribution in [0.25, 0.3) is 0 Å². The number of piperazine rings is 1. The normalized spacial score (nSPS) is 14.6. The van der Waals surface area contributed by atoms with Crippen LogP contribution in [0.15, 0.2) is 36.4 Å². The first-order valence-corrected chi connectivity index (χ1v) is 9.50. The van der Waals surface area contributed by atoms with Gasteiger partial charge in [-0.3, -0.25) is 4.79 Å². The molecule has 1 fully saturated rings. The topological polar surface area (TPSA) is 61.9 Å². The van der Waals surface area contributed by atoms with Crippen LogP contribution in [0, 0.1) is 6.92 Å². The second kappa shape index (κ2) is 8.63. The number of carbonyl (C=O) groups excluding carboxylic acids is 2. The van der Waals surface area contributed by atoms with Gasteiger partial charge < -0.3 is 19.9 Å². The SMILES string of the molecule is COC(=O)c1ccc(N2CCN(C)CC2)c(NC(=O)c2ccc(C)c(Cl)c2)c1. The molecule has 0 bridgehead atoms. The van der Waals surface area contributed by atoms with Gasteiger partial charge in [0.15, 0.2) is 0 Å². The molecule has 0 spiro atoms. The first-order valence-electron chi connectivity index (χ1n) is 9.12. The Hall–Kier alpha value is -2.57. The van der Waals surface area contributed by atoms with Gasteiger partial charge in [-0.2, -0.15) is 0 Å². The minimum Gasteiger partial charge on any atom is -0.465 e. The van der Waals surface area contributed by atoms with Gasteiger partial charge in [0.05, 0.1) is 24.0 Å². The zero-order valence-electron chi connectivity index (χ0n) is 16.3. The van der Waals surface area contributed by atoms with Crippen LogP contribution in [0.5, 0.6) is 0 Å². The lowest BCUT2D eigenvalue weighted by atomic mass is 10.1. The number of esters is 1. The number of hydrogen-bond acceptors (Lipinski definition) is 5. The molecule has 28 heavy (non-hydrogen) atoms. The maximum atomic E-state index is 12.8. The molecule has 7 heteroatoms. The molecule has 0 atom stereocenters. The predicted octanol–water partition coefficient (Wildman–Crippen LogP) is 3.44. The summed E-state index contributed by atoms with van der Waals surface area (Å²) in [6, 6.07) is 10.4. The zero-order valence-corrected chi connectivity index (χ0v) is 17.0. The summed E-state index contributed by atoms with van der Waals surface area (Å²) in [6.07, 6.45) is 0. The van der Waals surface area contributed by atoms with Crippen molar-refractivity contribution in [1.29, 1.82) is 0 Å². The number of carbonyl (C=O) groups is 2. The Balaban J connectivity index is 1.92. The molecule has 1 aliphatic heterocycles. The van der Waals surface area contributed by atoms with Gasteiger partial charge in [-0.15, -0.1) is 0 Å². The second-order valence-electron chi connectivity index (χ2n) is 6.93. The van der Waals surface area contributed by atoms with Crippen LogP contribution in [0.4, 0.5) is 11.4 Å². The Morgan fingerprint density at radius 1 is 1.04 bits per heavy atom. The summed E-state index contributed by atoms with van der Waals surface area (Å²) in [7, 11) is 3.42. The van der Waals surface area contributed by atoms with Gasteiger partial charge in [-0.25, -0.2) is 4.79 Å². The molecule has 2 aromatic rings. The summed E-state index contributed by atoms with van der Waals surface area (Å²) in [5, 5.41) is 3.48. The molecular weight excluding hydrogens is 378 g/mol. The van der Waals surface area contributed by atoms with Crippen LogP contribution in [0.3, 0.4) is 0 Å². The molecule has 1 amide bonds. The number of benzene rings is 2. The molecule has 1 saturated heterocycles. The van der Waals surface area contributed by atoms with Gasteiger partial charge in [0, 0.05) is 36.8 Å². The lowest BCUT2D eigenvalue weighted by molar-refractivity contribution is 0.0600. The van der Waals surface area contributed by atoms with Crippen LogP contribution >= 0.6 is 11.6 Å². The van der Waals surface area contributed by atoms with Crippen LogP contribution in [0.2, 0.25) is 5.02 Å². The fourth-order valence-corrected chi connectivity index (χ4v) is 3.31. The number of amides is 1. The Kier molecular flexibility index (Phi) is 6.21. The Labute approximate surface area is 170 Å². The van der Waals surface area contributed by atoms with E-state index in [0.717, 1.165) is 37.4 Å². The third kappa shape index (κ3) is 4.46. The number of halogens is 1. The van der Waals surface area contributed by atoms with E-state index in [0.29, 0.717) is 21.8 Å². The zero-order chi connectivity index (χ0) is 20.3. The number of ether oxygens (including phenoxy) is 1. The van der Waals surface area contributed by atoms with Crippen molar-refractivity contribution >= 4 is 34.9 Å². The van der Waals surface area contributed by atoms with Crippen molar-refractivity contribution in [2.24, 2.45) is 0 Å². The highest BCUT2D eigenvalue weighted by Gasteiger charge is 2.20. The summed E-state index contributed by atoms with van der Waals surface area (Å²) in [5.41, 5.74) is 3.21. The van der Waals surface area contributed by atoms with Gasteiger partial charge in [0.1, 0.15) is 0 Å². The number of anilines is 2. The highest BCUT2D eigenvalue weighted by atomic mass is 35.5. The fourth-order valence-electron chi connectivity index (χ4n) is 3.13. The maximum Gasteiger partial charge on any atom is 0.337 e. The van der Waals surface area contributed by atoms with E-state index in [1.54, 1.807) is 24.3 Å². The Morgan fingerprint density at radius 3 is 2.36 bits per heavy atom. The standard InChI is InChI=1S/C21H24ClN3O3/c1-14-4-5-15(12-17(14)22)20(26)23-18-13-16(21(27)28-3)6-7-19(18)25-10-8-24(2)9-11-25/h4-7,12-13H,8-11H2,1-3H3,(H,23,26). The van der Waals surface area contributed by atoms with E-state index < -0.39 is 5.97 Å². The van der Waals surface area contributed by atoms with Crippen LogP contribution in [0.1, 0.15) is 26.3 Å². The molecule has 0 radical (unpaired) electrons. The average Bonchev–Trinajstić information content (AvgIpc) is 2.70. The molecule has 1 heterocycles. The number of rotatable bonds is 4. The van der Waals surface area contributed by atoms with E-state index in [4.69, 9.17) is 16.3 Å². The molecule has 3 rings (SSSR count). The third-order valence-corrected chi connectivity index (χ3v) is 5.35. The fraction of sp³-hybridized carbons (Fsp3) is 0.333. The molecule has 1 aliphatic rings. The van der Waals surface area contributed by atoms with Crippen molar-refractivity contribution in [3.05, 3.63) is 58.1 Å². The van der Waals surface area contributed by atoms with E-state index in [-0.39, 0.29) is 5.91 Å². The number of nitrogens with zero attached hydrogens (tertiary/aromatic N) is 2. The first kappa shape index (κ1) is 20.2. The molecule has 0 unspecified atom stereocenters. The average molecular weight is 402 g/mol. The smallest absolute Gasteiger partial charge is 0.337 e. The summed E-state index contributed by atoms with van der Waals surface area (Å²) in [4.78, 5) is 29.2. The number of likely N-dealkylation sites (N-methyl/N-ethyl adjacent to an activating group) is 1. The summed E-state index contributed by atoms with van der Waals surface area (Å²) >= 11 is 6.16.